The van der Waals surface area contributed by atoms with Crippen LogP contribution in [0.2, 0.25) is 5.02 Å². The number of likely N-dealkylation sites (tertiary alicyclic amines) is 1. The normalized spacial score (nSPS) is 32.7. The molecule has 4 rings (SSSR count). The number of para-hydroxylation sites is 1. The number of nitrogens with zero attached hydrogens (tertiary/aromatic N) is 1. The summed E-state index contributed by atoms with van der Waals surface area (Å²) in [4.78, 5) is 39.7. The molecule has 1 aliphatic heterocycles. The molecule has 2 bridgehead atoms. The van der Waals surface area contributed by atoms with E-state index >= 15 is 0 Å². The summed E-state index contributed by atoms with van der Waals surface area (Å²) in [6.07, 6.45) is 3.56. The average Bonchev–Trinajstić information content (AvgIpc) is 3.29. The van der Waals surface area contributed by atoms with Crippen LogP contribution in [-0.2, 0) is 14.4 Å². The number of unbranched alkanes of at least 4 members (excludes halogenated alkanes) is 2. The van der Waals surface area contributed by atoms with E-state index in [1.165, 1.54) is 4.90 Å². The second-order valence-corrected chi connectivity index (χ2v) is 10.7. The molecule has 5 nitrogen and oxygen atoms in total. The molecule has 0 radical (unpaired) electrons. The first kappa shape index (κ1) is 21.3. The van der Waals surface area contributed by atoms with Crippen LogP contribution in [0.1, 0.15) is 32.1 Å². The van der Waals surface area contributed by atoms with Crippen molar-refractivity contribution in [3.8, 4) is 0 Å². The second kappa shape index (κ2) is 8.67. The van der Waals surface area contributed by atoms with Crippen molar-refractivity contribution in [3.05, 3.63) is 29.3 Å². The Bertz CT molecular complexity index is 804. The minimum absolute atomic E-state index is 0.00723. The summed E-state index contributed by atoms with van der Waals surface area (Å²) in [5.41, 5.74) is 0.615. The van der Waals surface area contributed by atoms with Gasteiger partial charge in [-0.05, 0) is 43.2 Å². The lowest BCUT2D eigenvalue weighted by atomic mass is 9.81. The monoisotopic (exact) mass is 544 g/mol. The Morgan fingerprint density at radius 1 is 1.03 bits per heavy atom. The quantitative estimate of drug-likeness (QED) is 0.309. The van der Waals surface area contributed by atoms with Gasteiger partial charge in [-0.25, -0.2) is 0 Å². The Morgan fingerprint density at radius 2 is 1.66 bits per heavy atom. The van der Waals surface area contributed by atoms with Gasteiger partial charge in [0.2, 0.25) is 17.7 Å². The maximum absolute atomic E-state index is 12.8. The number of halogens is 3. The van der Waals surface area contributed by atoms with E-state index in [0.29, 0.717) is 30.1 Å². The van der Waals surface area contributed by atoms with Crippen molar-refractivity contribution in [2.75, 3.05) is 11.9 Å². The Balaban J connectivity index is 1.22. The van der Waals surface area contributed by atoms with Gasteiger partial charge in [0.1, 0.15) is 0 Å². The maximum atomic E-state index is 12.8. The van der Waals surface area contributed by atoms with E-state index in [0.717, 1.165) is 19.3 Å². The zero-order valence-electron chi connectivity index (χ0n) is 15.8. The molecule has 1 aromatic rings. The van der Waals surface area contributed by atoms with Crippen molar-refractivity contribution >= 4 is 66.9 Å². The zero-order chi connectivity index (χ0) is 20.7. The number of fused-ring (bicyclic) bond motifs is 5. The zero-order valence-corrected chi connectivity index (χ0v) is 19.7. The molecule has 6 atom stereocenters. The molecule has 1 N–H and O–H groups in total. The van der Waals surface area contributed by atoms with Crippen LogP contribution in [0.25, 0.3) is 0 Å². The number of nitrogens with one attached hydrogen (secondary N) is 1. The number of rotatable bonds is 7. The third-order valence-corrected chi connectivity index (χ3v) is 10.0. The second-order valence-electron chi connectivity index (χ2n) is 8.17. The van der Waals surface area contributed by atoms with Crippen LogP contribution < -0.4 is 5.32 Å². The van der Waals surface area contributed by atoms with Crippen LogP contribution in [0.15, 0.2) is 24.3 Å². The van der Waals surface area contributed by atoms with Crippen molar-refractivity contribution in [3.63, 3.8) is 0 Å². The first-order chi connectivity index (χ1) is 13.9. The molecule has 1 aromatic carbocycles. The van der Waals surface area contributed by atoms with E-state index in [4.69, 9.17) is 11.6 Å². The number of hydrogen-bond donors (Lipinski definition) is 1. The van der Waals surface area contributed by atoms with Gasteiger partial charge >= 0.3 is 0 Å². The van der Waals surface area contributed by atoms with Crippen LogP contribution in [-0.4, -0.2) is 38.8 Å². The van der Waals surface area contributed by atoms with Crippen molar-refractivity contribution in [1.82, 2.24) is 4.90 Å². The lowest BCUT2D eigenvalue weighted by Crippen LogP contribution is -2.37. The number of alkyl halides is 2. The fourth-order valence-electron chi connectivity index (χ4n) is 5.14. The van der Waals surface area contributed by atoms with Crippen LogP contribution in [0.5, 0.6) is 0 Å². The minimum Gasteiger partial charge on any atom is -0.325 e. The molecule has 0 unspecified atom stereocenters. The largest absolute Gasteiger partial charge is 0.325 e. The molecule has 1 heterocycles. The van der Waals surface area contributed by atoms with E-state index in [1.54, 1.807) is 12.1 Å². The van der Waals surface area contributed by atoms with E-state index in [2.05, 4.69) is 37.2 Å². The predicted molar refractivity (Wildman–Crippen MR) is 119 cm³/mol. The highest BCUT2D eigenvalue weighted by molar-refractivity contribution is 9.12. The number of imide groups is 1. The molecule has 1 saturated heterocycles. The average molecular weight is 547 g/mol. The van der Waals surface area contributed by atoms with Gasteiger partial charge in [-0.15, -0.1) is 0 Å². The van der Waals surface area contributed by atoms with E-state index in [1.807, 2.05) is 12.1 Å². The van der Waals surface area contributed by atoms with Crippen molar-refractivity contribution in [1.29, 1.82) is 0 Å². The number of carbonyl (C=O) groups excluding carboxylic acids is 3. The number of amides is 3. The van der Waals surface area contributed by atoms with Gasteiger partial charge in [-0.1, -0.05) is 62.0 Å². The topological polar surface area (TPSA) is 66.5 Å². The lowest BCUT2D eigenvalue weighted by molar-refractivity contribution is -0.140. The minimum atomic E-state index is -0.146. The van der Waals surface area contributed by atoms with Crippen LogP contribution >= 0.6 is 43.5 Å². The van der Waals surface area contributed by atoms with E-state index < -0.39 is 0 Å². The van der Waals surface area contributed by atoms with Crippen LogP contribution in [0, 0.1) is 23.7 Å². The first-order valence-corrected chi connectivity index (χ1v) is 12.3. The van der Waals surface area contributed by atoms with Gasteiger partial charge in [0, 0.05) is 22.6 Å². The van der Waals surface area contributed by atoms with Gasteiger partial charge in [-0.2, -0.15) is 0 Å². The summed E-state index contributed by atoms with van der Waals surface area (Å²) in [5.74, 6) is 0.151. The molecule has 3 aliphatic rings. The summed E-state index contributed by atoms with van der Waals surface area (Å²) in [5, 5.41) is 3.33. The predicted octanol–water partition coefficient (Wildman–Crippen LogP) is 4.62. The smallest absolute Gasteiger partial charge is 0.233 e. The van der Waals surface area contributed by atoms with Crippen LogP contribution in [0.3, 0.4) is 0 Å². The summed E-state index contributed by atoms with van der Waals surface area (Å²) in [6, 6.07) is 7.14. The number of hydrogen-bond acceptors (Lipinski definition) is 3. The molecule has 156 valence electrons. The highest BCUT2D eigenvalue weighted by Crippen LogP contribution is 2.60. The maximum Gasteiger partial charge on any atom is 0.233 e. The highest BCUT2D eigenvalue weighted by Gasteiger charge is 2.66. The van der Waals surface area contributed by atoms with E-state index in [-0.39, 0.29) is 51.0 Å². The summed E-state index contributed by atoms with van der Waals surface area (Å²) < 4.78 is 0. The summed E-state index contributed by atoms with van der Waals surface area (Å²) in [7, 11) is 0. The third-order valence-electron chi connectivity index (χ3n) is 6.51. The molecule has 0 aromatic heterocycles. The summed E-state index contributed by atoms with van der Waals surface area (Å²) >= 11 is 13.5. The number of carbonyl (C=O) groups is 3. The fourth-order valence-corrected chi connectivity index (χ4v) is 7.19. The standard InChI is InChI=1S/C21H23Br2ClN2O3/c22-18-11-10-12(19(18)23)17-16(11)20(28)26(21(17)29)9-5-1-2-8-15(27)25-14-7-4-3-6-13(14)24/h3-4,6-7,11-12,16-19H,1-2,5,8-10H2,(H,25,27)/t11-,12-,16+,17+,18-,19-/m1/s1. The van der Waals surface area contributed by atoms with Gasteiger partial charge in [0.25, 0.3) is 0 Å². The van der Waals surface area contributed by atoms with Crippen molar-refractivity contribution in [2.24, 2.45) is 23.7 Å². The molecule has 2 aliphatic carbocycles. The molecule has 2 saturated carbocycles. The third kappa shape index (κ3) is 3.90. The fraction of sp³-hybridized carbons (Fsp3) is 0.571. The Kier molecular flexibility index (Phi) is 6.38. The molecule has 0 spiro atoms. The van der Waals surface area contributed by atoms with Gasteiger partial charge in [0.15, 0.2) is 0 Å². The molecule has 3 amide bonds. The molecule has 29 heavy (non-hydrogen) atoms. The molecular formula is C21H23Br2ClN2O3. The SMILES string of the molecule is O=C(CCCCCN1C(=O)[C@H]2[C@H]3C[C@@H]([C@@H](Br)[C@@H]3Br)[C@@H]2C1=O)Nc1ccccc1Cl. The molecular weight excluding hydrogens is 524 g/mol. The van der Waals surface area contributed by atoms with Gasteiger partial charge < -0.3 is 5.32 Å². The Hall–Kier alpha value is -0.920. The van der Waals surface area contributed by atoms with Gasteiger partial charge in [-0.3, -0.25) is 19.3 Å². The highest BCUT2D eigenvalue weighted by atomic mass is 79.9. The first-order valence-electron chi connectivity index (χ1n) is 10.1. The molecule has 8 heteroatoms. The lowest BCUT2D eigenvalue weighted by Gasteiger charge is -2.28. The Morgan fingerprint density at radius 3 is 2.28 bits per heavy atom. The van der Waals surface area contributed by atoms with E-state index in [9.17, 15) is 14.4 Å². The van der Waals surface area contributed by atoms with Crippen molar-refractivity contribution < 1.29 is 14.4 Å². The van der Waals surface area contributed by atoms with Crippen LogP contribution in [0.4, 0.5) is 5.69 Å². The summed E-state index contributed by atoms with van der Waals surface area (Å²) in [6.45, 7) is 0.455. The Labute approximate surface area is 192 Å². The van der Waals surface area contributed by atoms with Crippen molar-refractivity contribution in [2.45, 2.75) is 41.8 Å². The number of benzene rings is 1. The number of anilines is 1. The molecule has 3 fully saturated rings. The van der Waals surface area contributed by atoms with Gasteiger partial charge in [0.05, 0.1) is 22.5 Å².